The van der Waals surface area contributed by atoms with Gasteiger partial charge in [0.2, 0.25) is 0 Å². The van der Waals surface area contributed by atoms with Crippen molar-refractivity contribution in [3.63, 3.8) is 0 Å². The summed E-state index contributed by atoms with van der Waals surface area (Å²) in [5.41, 5.74) is 6.47. The molecule has 0 fully saturated rings. The molecule has 0 aliphatic heterocycles. The highest BCUT2D eigenvalue weighted by Gasteiger charge is 2.18. The second-order valence-electron chi connectivity index (χ2n) is 4.00. The fourth-order valence-corrected chi connectivity index (χ4v) is 3.46. The van der Waals surface area contributed by atoms with Crippen LogP contribution in [-0.4, -0.2) is 15.5 Å². The lowest BCUT2D eigenvalue weighted by molar-refractivity contribution is 0.417. The van der Waals surface area contributed by atoms with Crippen LogP contribution in [0.5, 0.6) is 5.75 Å². The first-order chi connectivity index (χ1) is 9.44. The number of benzene rings is 2. The van der Waals surface area contributed by atoms with Crippen LogP contribution in [0.25, 0.3) is 0 Å². The third-order valence-electron chi connectivity index (χ3n) is 2.59. The van der Waals surface area contributed by atoms with Crippen molar-refractivity contribution in [2.24, 2.45) is 0 Å². The van der Waals surface area contributed by atoms with E-state index >= 15 is 0 Å². The van der Waals surface area contributed by atoms with Crippen LogP contribution in [0.3, 0.4) is 0 Å². The minimum absolute atomic E-state index is 0.172. The maximum absolute atomic E-state index is 12.3. The van der Waals surface area contributed by atoms with Crippen LogP contribution in [0, 0.1) is 0 Å². The van der Waals surface area contributed by atoms with Gasteiger partial charge in [-0.3, -0.25) is 4.72 Å². The van der Waals surface area contributed by atoms with Gasteiger partial charge in [0.1, 0.15) is 11.4 Å². The number of hydrogen-bond donors (Lipinski definition) is 2. The first-order valence-electron chi connectivity index (χ1n) is 5.65. The molecular formula is C13H13BrN2O3S. The van der Waals surface area contributed by atoms with E-state index in [-0.39, 0.29) is 4.90 Å². The molecule has 0 unspecified atom stereocenters. The molecular weight excluding hydrogens is 344 g/mol. The highest BCUT2D eigenvalue weighted by molar-refractivity contribution is 9.10. The number of sulfonamides is 1. The monoisotopic (exact) mass is 356 g/mol. The van der Waals surface area contributed by atoms with Gasteiger partial charge in [0.05, 0.1) is 12.0 Å². The van der Waals surface area contributed by atoms with Gasteiger partial charge in [-0.2, -0.15) is 0 Å². The highest BCUT2D eigenvalue weighted by Crippen LogP contribution is 2.36. The molecule has 2 aromatic rings. The molecule has 0 saturated heterocycles. The highest BCUT2D eigenvalue weighted by atomic mass is 79.9. The minimum Gasteiger partial charge on any atom is -0.494 e. The molecule has 0 spiro atoms. The maximum atomic E-state index is 12.3. The van der Waals surface area contributed by atoms with Gasteiger partial charge in [-0.15, -0.1) is 0 Å². The maximum Gasteiger partial charge on any atom is 0.262 e. The Kier molecular flexibility index (Phi) is 4.20. The van der Waals surface area contributed by atoms with E-state index in [9.17, 15) is 8.42 Å². The molecule has 0 bridgehead atoms. The minimum atomic E-state index is -3.68. The molecule has 0 saturated carbocycles. The van der Waals surface area contributed by atoms with E-state index in [2.05, 4.69) is 20.7 Å². The number of methoxy groups -OCH3 is 1. The quantitative estimate of drug-likeness (QED) is 0.825. The smallest absolute Gasteiger partial charge is 0.262 e. The molecule has 0 aliphatic rings. The van der Waals surface area contributed by atoms with E-state index in [1.165, 1.54) is 19.2 Å². The van der Waals surface area contributed by atoms with E-state index in [1.807, 2.05) is 0 Å². The number of ether oxygens (including phenoxy) is 1. The zero-order valence-corrected chi connectivity index (χ0v) is 13.0. The molecule has 0 aliphatic carbocycles. The Morgan fingerprint density at radius 3 is 2.45 bits per heavy atom. The number of hydrogen-bond acceptors (Lipinski definition) is 4. The van der Waals surface area contributed by atoms with E-state index in [0.717, 1.165) is 0 Å². The van der Waals surface area contributed by atoms with Crippen molar-refractivity contribution in [2.45, 2.75) is 4.90 Å². The van der Waals surface area contributed by atoms with Crippen LogP contribution in [0.1, 0.15) is 0 Å². The van der Waals surface area contributed by atoms with Gasteiger partial charge in [-0.05, 0) is 34.1 Å². The predicted octanol–water partition coefficient (Wildman–Crippen LogP) is 2.84. The van der Waals surface area contributed by atoms with E-state index < -0.39 is 10.0 Å². The summed E-state index contributed by atoms with van der Waals surface area (Å²) in [7, 11) is -2.24. The zero-order chi connectivity index (χ0) is 14.8. The van der Waals surface area contributed by atoms with Gasteiger partial charge in [0.15, 0.2) is 0 Å². The first kappa shape index (κ1) is 14.7. The molecule has 0 aromatic heterocycles. The summed E-state index contributed by atoms with van der Waals surface area (Å²) in [5.74, 6) is 0.344. The number of nitrogens with one attached hydrogen (secondary N) is 1. The molecule has 7 heteroatoms. The number of anilines is 2. The standard InChI is InChI=1S/C13H13BrN2O3S/c1-19-12-8-9(15)7-11(14)13(12)16-20(17,18)10-5-3-2-4-6-10/h2-8,16H,15H2,1H3. The van der Waals surface area contributed by atoms with Crippen molar-refractivity contribution in [1.29, 1.82) is 0 Å². The summed E-state index contributed by atoms with van der Waals surface area (Å²) < 4.78 is 32.7. The normalized spacial score (nSPS) is 11.1. The van der Waals surface area contributed by atoms with Crippen molar-refractivity contribution >= 4 is 37.3 Å². The molecule has 3 N–H and O–H groups in total. The van der Waals surface area contributed by atoms with E-state index in [0.29, 0.717) is 21.6 Å². The van der Waals surface area contributed by atoms with Crippen molar-refractivity contribution in [2.75, 3.05) is 17.6 Å². The van der Waals surface area contributed by atoms with Gasteiger partial charge in [-0.25, -0.2) is 8.42 Å². The van der Waals surface area contributed by atoms with Crippen LogP contribution in [-0.2, 0) is 10.0 Å². The van der Waals surface area contributed by atoms with Crippen molar-refractivity contribution < 1.29 is 13.2 Å². The summed E-state index contributed by atoms with van der Waals surface area (Å²) in [6.07, 6.45) is 0. The molecule has 20 heavy (non-hydrogen) atoms. The van der Waals surface area contributed by atoms with Crippen molar-refractivity contribution in [3.05, 3.63) is 46.9 Å². The Labute approximate surface area is 125 Å². The lowest BCUT2D eigenvalue weighted by atomic mass is 10.2. The molecule has 0 atom stereocenters. The Morgan fingerprint density at radius 2 is 1.85 bits per heavy atom. The lowest BCUT2D eigenvalue weighted by Crippen LogP contribution is -2.14. The van der Waals surface area contributed by atoms with E-state index in [4.69, 9.17) is 10.5 Å². The van der Waals surface area contributed by atoms with Crippen LogP contribution in [0.2, 0.25) is 0 Å². The van der Waals surface area contributed by atoms with Crippen LogP contribution < -0.4 is 15.2 Å². The Balaban J connectivity index is 2.45. The molecule has 2 aromatic carbocycles. The molecule has 0 amide bonds. The lowest BCUT2D eigenvalue weighted by Gasteiger charge is -2.14. The van der Waals surface area contributed by atoms with Crippen molar-refractivity contribution in [1.82, 2.24) is 0 Å². The predicted molar refractivity (Wildman–Crippen MR) is 82.4 cm³/mol. The van der Waals surface area contributed by atoms with Gasteiger partial charge in [0, 0.05) is 16.2 Å². The second-order valence-corrected chi connectivity index (χ2v) is 6.54. The number of nitrogens with two attached hydrogens (primary N) is 1. The Hall–Kier alpha value is -1.73. The van der Waals surface area contributed by atoms with Crippen LogP contribution in [0.15, 0.2) is 51.8 Å². The number of rotatable bonds is 4. The van der Waals surface area contributed by atoms with Gasteiger partial charge in [-0.1, -0.05) is 18.2 Å². The molecule has 106 valence electrons. The van der Waals surface area contributed by atoms with Crippen LogP contribution in [0.4, 0.5) is 11.4 Å². The number of halogens is 1. The largest absolute Gasteiger partial charge is 0.494 e. The molecule has 0 heterocycles. The summed E-state index contributed by atoms with van der Waals surface area (Å²) in [6.45, 7) is 0. The third-order valence-corrected chi connectivity index (χ3v) is 4.58. The third kappa shape index (κ3) is 3.05. The molecule has 0 radical (unpaired) electrons. The Bertz CT molecular complexity index is 718. The second kappa shape index (κ2) is 5.72. The topological polar surface area (TPSA) is 81.4 Å². The van der Waals surface area contributed by atoms with Gasteiger partial charge in [0.25, 0.3) is 10.0 Å². The van der Waals surface area contributed by atoms with Crippen LogP contribution >= 0.6 is 15.9 Å². The molecule has 5 nitrogen and oxygen atoms in total. The average Bonchev–Trinajstić information content (AvgIpc) is 2.42. The fourth-order valence-electron chi connectivity index (χ4n) is 1.65. The SMILES string of the molecule is COc1cc(N)cc(Br)c1NS(=O)(=O)c1ccccc1. The Morgan fingerprint density at radius 1 is 1.20 bits per heavy atom. The van der Waals surface area contributed by atoms with Crippen molar-refractivity contribution in [3.8, 4) is 5.75 Å². The zero-order valence-electron chi connectivity index (χ0n) is 10.6. The number of nitrogen functional groups attached to an aromatic ring is 1. The van der Waals surface area contributed by atoms with Gasteiger partial charge < -0.3 is 10.5 Å². The van der Waals surface area contributed by atoms with E-state index in [1.54, 1.807) is 30.3 Å². The fraction of sp³-hybridized carbons (Fsp3) is 0.0769. The summed E-state index contributed by atoms with van der Waals surface area (Å²) in [6, 6.07) is 11.2. The van der Waals surface area contributed by atoms with Gasteiger partial charge >= 0.3 is 0 Å². The summed E-state index contributed by atoms with van der Waals surface area (Å²) >= 11 is 3.28. The average molecular weight is 357 g/mol. The first-order valence-corrected chi connectivity index (χ1v) is 7.92. The summed E-state index contributed by atoms with van der Waals surface area (Å²) in [5, 5.41) is 0. The summed E-state index contributed by atoms with van der Waals surface area (Å²) in [4.78, 5) is 0.172. The molecule has 2 rings (SSSR count).